The van der Waals surface area contributed by atoms with Gasteiger partial charge >= 0.3 is 5.97 Å². The highest BCUT2D eigenvalue weighted by Crippen LogP contribution is 2.49. The largest absolute Gasteiger partial charge is 0.478 e. The second-order valence-electron chi connectivity index (χ2n) is 5.63. The lowest BCUT2D eigenvalue weighted by Crippen LogP contribution is -2.40. The molecule has 0 bridgehead atoms. The maximum Gasteiger partial charge on any atom is 0.335 e. The van der Waals surface area contributed by atoms with E-state index in [0.29, 0.717) is 5.56 Å². The minimum Gasteiger partial charge on any atom is -0.478 e. The van der Waals surface area contributed by atoms with Gasteiger partial charge in [0, 0.05) is 18.7 Å². The molecule has 0 spiro atoms. The highest BCUT2D eigenvalue weighted by atomic mass is 16.4. The van der Waals surface area contributed by atoms with Crippen LogP contribution in [-0.4, -0.2) is 35.0 Å². The van der Waals surface area contributed by atoms with E-state index in [9.17, 15) is 9.59 Å². The smallest absolute Gasteiger partial charge is 0.335 e. The van der Waals surface area contributed by atoms with E-state index in [1.807, 2.05) is 6.92 Å². The minimum absolute atomic E-state index is 0.122. The average Bonchev–Trinajstić information content (AvgIpc) is 3.15. The second kappa shape index (κ2) is 4.68. The van der Waals surface area contributed by atoms with Gasteiger partial charge in [0.1, 0.15) is 0 Å². The zero-order chi connectivity index (χ0) is 14.2. The van der Waals surface area contributed by atoms with Crippen molar-refractivity contribution in [3.05, 3.63) is 35.4 Å². The van der Waals surface area contributed by atoms with Crippen LogP contribution in [0.4, 0.5) is 0 Å². The van der Waals surface area contributed by atoms with Crippen molar-refractivity contribution in [1.82, 2.24) is 4.90 Å². The second-order valence-corrected chi connectivity index (χ2v) is 5.63. The molecule has 1 aromatic rings. The Labute approximate surface area is 113 Å². The first-order valence-corrected chi connectivity index (χ1v) is 6.46. The van der Waals surface area contributed by atoms with E-state index in [0.717, 1.165) is 12.8 Å². The quantitative estimate of drug-likeness (QED) is 0.906. The van der Waals surface area contributed by atoms with Crippen LogP contribution in [0.3, 0.4) is 0 Å². The van der Waals surface area contributed by atoms with Crippen molar-refractivity contribution in [3.63, 3.8) is 0 Å². The number of carboxylic acids is 1. The highest BCUT2D eigenvalue weighted by Gasteiger charge is 2.45. The zero-order valence-electron chi connectivity index (χ0n) is 11.5. The molecule has 0 radical (unpaired) electrons. The number of hydrogen-bond donors (Lipinski definition) is 1. The molecule has 1 aliphatic carbocycles. The zero-order valence-corrected chi connectivity index (χ0v) is 11.5. The Kier molecular flexibility index (Phi) is 3.35. The van der Waals surface area contributed by atoms with E-state index < -0.39 is 5.97 Å². The van der Waals surface area contributed by atoms with Gasteiger partial charge in [-0.3, -0.25) is 4.79 Å². The normalized spacial score (nSPS) is 17.6. The monoisotopic (exact) mass is 261 g/mol. The van der Waals surface area contributed by atoms with E-state index in [2.05, 4.69) is 6.92 Å². The van der Waals surface area contributed by atoms with Crippen molar-refractivity contribution in [1.29, 1.82) is 0 Å². The van der Waals surface area contributed by atoms with Crippen LogP contribution in [-0.2, 0) is 0 Å². The lowest BCUT2D eigenvalue weighted by atomic mass is 9.98. The molecule has 1 unspecified atom stereocenters. The fraction of sp³-hybridized carbons (Fsp3) is 0.467. The van der Waals surface area contributed by atoms with Gasteiger partial charge in [-0.15, -0.1) is 0 Å². The first kappa shape index (κ1) is 13.6. The molecule has 4 nitrogen and oxygen atoms in total. The summed E-state index contributed by atoms with van der Waals surface area (Å²) in [5.41, 5.74) is 0.789. The van der Waals surface area contributed by atoms with Gasteiger partial charge in [0.05, 0.1) is 5.56 Å². The fourth-order valence-electron chi connectivity index (χ4n) is 2.25. The summed E-state index contributed by atoms with van der Waals surface area (Å²) in [5, 5.41) is 8.95. The van der Waals surface area contributed by atoms with Gasteiger partial charge in [-0.25, -0.2) is 4.79 Å². The molecule has 102 valence electrons. The number of rotatable bonds is 4. The fourth-order valence-corrected chi connectivity index (χ4v) is 2.25. The number of nitrogens with zero attached hydrogens (tertiary/aromatic N) is 1. The standard InChI is InChI=1S/C15H19NO3/c1-10(15(2)7-8-15)16(3)13(17)11-5-4-6-12(9-11)14(18)19/h4-6,9-10H,7-8H2,1-3H3,(H,18,19). The third-order valence-electron chi connectivity index (χ3n) is 4.31. The van der Waals surface area contributed by atoms with Gasteiger partial charge in [0.15, 0.2) is 0 Å². The Hall–Kier alpha value is -1.84. The Morgan fingerprint density at radius 3 is 2.42 bits per heavy atom. The van der Waals surface area contributed by atoms with Gasteiger partial charge in [0.25, 0.3) is 5.91 Å². The molecule has 0 heterocycles. The predicted molar refractivity (Wildman–Crippen MR) is 72.3 cm³/mol. The van der Waals surface area contributed by atoms with Gasteiger partial charge in [-0.1, -0.05) is 13.0 Å². The van der Waals surface area contributed by atoms with Crippen LogP contribution in [0, 0.1) is 5.41 Å². The summed E-state index contributed by atoms with van der Waals surface area (Å²) in [6, 6.07) is 6.35. The van der Waals surface area contributed by atoms with Crippen molar-refractivity contribution < 1.29 is 14.7 Å². The van der Waals surface area contributed by atoms with Crippen LogP contribution in [0.5, 0.6) is 0 Å². The van der Waals surface area contributed by atoms with Crippen LogP contribution in [0.2, 0.25) is 0 Å². The molecular weight excluding hydrogens is 242 g/mol. The minimum atomic E-state index is -1.01. The van der Waals surface area contributed by atoms with Crippen molar-refractivity contribution in [3.8, 4) is 0 Å². The molecule has 2 rings (SSSR count). The Balaban J connectivity index is 2.19. The summed E-state index contributed by atoms with van der Waals surface area (Å²) in [5.74, 6) is -1.14. The van der Waals surface area contributed by atoms with Crippen LogP contribution >= 0.6 is 0 Å². The van der Waals surface area contributed by atoms with Crippen molar-refractivity contribution in [2.75, 3.05) is 7.05 Å². The van der Waals surface area contributed by atoms with Crippen LogP contribution < -0.4 is 0 Å². The molecule has 1 atom stereocenters. The summed E-state index contributed by atoms with van der Waals surface area (Å²) >= 11 is 0. The van der Waals surface area contributed by atoms with Gasteiger partial charge in [-0.2, -0.15) is 0 Å². The van der Waals surface area contributed by atoms with Crippen molar-refractivity contribution >= 4 is 11.9 Å². The molecule has 0 saturated heterocycles. The number of benzene rings is 1. The van der Waals surface area contributed by atoms with E-state index in [-0.39, 0.29) is 22.9 Å². The maximum absolute atomic E-state index is 12.4. The summed E-state index contributed by atoms with van der Waals surface area (Å²) < 4.78 is 0. The van der Waals surface area contributed by atoms with Crippen LogP contribution in [0.1, 0.15) is 47.4 Å². The Morgan fingerprint density at radius 1 is 1.32 bits per heavy atom. The van der Waals surface area contributed by atoms with Crippen LogP contribution in [0.25, 0.3) is 0 Å². The van der Waals surface area contributed by atoms with Gasteiger partial charge in [-0.05, 0) is 43.4 Å². The molecule has 0 aromatic heterocycles. The van der Waals surface area contributed by atoms with Gasteiger partial charge in [0.2, 0.25) is 0 Å². The highest BCUT2D eigenvalue weighted by molar-refractivity contribution is 5.97. The molecule has 4 heteroatoms. The van der Waals surface area contributed by atoms with E-state index in [4.69, 9.17) is 5.11 Å². The molecule has 1 saturated carbocycles. The lowest BCUT2D eigenvalue weighted by molar-refractivity contribution is 0.0684. The molecule has 1 aromatic carbocycles. The number of carbonyl (C=O) groups is 2. The van der Waals surface area contributed by atoms with E-state index >= 15 is 0 Å². The molecule has 1 fully saturated rings. The number of carboxylic acid groups (broad SMARTS) is 1. The SMILES string of the molecule is CC(N(C)C(=O)c1cccc(C(=O)O)c1)C1(C)CC1. The first-order valence-electron chi connectivity index (χ1n) is 6.46. The average molecular weight is 261 g/mol. The molecule has 1 N–H and O–H groups in total. The third kappa shape index (κ3) is 2.62. The summed E-state index contributed by atoms with van der Waals surface area (Å²) in [6.45, 7) is 4.22. The van der Waals surface area contributed by atoms with Crippen molar-refractivity contribution in [2.45, 2.75) is 32.7 Å². The van der Waals surface area contributed by atoms with Crippen molar-refractivity contribution in [2.24, 2.45) is 5.41 Å². The lowest BCUT2D eigenvalue weighted by Gasteiger charge is -2.30. The Morgan fingerprint density at radius 2 is 1.89 bits per heavy atom. The number of amides is 1. The number of hydrogen-bond acceptors (Lipinski definition) is 2. The maximum atomic E-state index is 12.4. The van der Waals surface area contributed by atoms with E-state index in [1.165, 1.54) is 12.1 Å². The molecule has 19 heavy (non-hydrogen) atoms. The first-order chi connectivity index (χ1) is 8.85. The summed E-state index contributed by atoms with van der Waals surface area (Å²) in [6.07, 6.45) is 2.28. The van der Waals surface area contributed by atoms with E-state index in [1.54, 1.807) is 24.1 Å². The summed E-state index contributed by atoms with van der Waals surface area (Å²) in [7, 11) is 1.78. The number of carbonyl (C=O) groups excluding carboxylic acids is 1. The van der Waals surface area contributed by atoms with Gasteiger partial charge < -0.3 is 10.0 Å². The molecule has 0 aliphatic heterocycles. The summed E-state index contributed by atoms with van der Waals surface area (Å²) in [4.78, 5) is 25.0. The topological polar surface area (TPSA) is 57.6 Å². The Bertz CT molecular complexity index is 520. The van der Waals surface area contributed by atoms with Crippen LogP contribution in [0.15, 0.2) is 24.3 Å². The molecule has 1 amide bonds. The molecular formula is C15H19NO3. The third-order valence-corrected chi connectivity index (χ3v) is 4.31. The molecule has 1 aliphatic rings. The number of aromatic carboxylic acids is 1. The predicted octanol–water partition coefficient (Wildman–Crippen LogP) is 2.65.